The fourth-order valence-electron chi connectivity index (χ4n) is 2.33. The number of nitrogens with zero attached hydrogens (tertiary/aromatic N) is 3. The number of halogens is 3. The van der Waals surface area contributed by atoms with E-state index in [0.29, 0.717) is 6.54 Å². The average molecular weight is 333 g/mol. The van der Waals surface area contributed by atoms with Crippen molar-refractivity contribution < 1.29 is 13.2 Å². The van der Waals surface area contributed by atoms with Gasteiger partial charge in [-0.25, -0.2) is 0 Å². The van der Waals surface area contributed by atoms with Crippen LogP contribution in [0.4, 0.5) is 13.2 Å². The summed E-state index contributed by atoms with van der Waals surface area (Å²) in [4.78, 5) is 11.7. The standard InChI is InChI=1S/C17H14F3N3O/c18-17(19,20)15-8-10-23(21-15)12-14-6-4-13(5-7-14)11-22-9-2-1-3-16(22)24/h1-10H,11-12H2. The Bertz CT molecular complexity index is 879. The molecule has 0 atom stereocenters. The van der Waals surface area contributed by atoms with Gasteiger partial charge in [-0.15, -0.1) is 0 Å². The third-order valence-corrected chi connectivity index (χ3v) is 3.55. The van der Waals surface area contributed by atoms with Crippen molar-refractivity contribution in [2.75, 3.05) is 0 Å². The highest BCUT2D eigenvalue weighted by molar-refractivity contribution is 5.23. The zero-order chi connectivity index (χ0) is 17.2. The molecule has 0 spiro atoms. The second-order valence-electron chi connectivity index (χ2n) is 5.38. The maximum absolute atomic E-state index is 12.5. The summed E-state index contributed by atoms with van der Waals surface area (Å²) in [6, 6.07) is 13.2. The van der Waals surface area contributed by atoms with Crippen LogP contribution in [0.2, 0.25) is 0 Å². The second kappa shape index (κ2) is 6.35. The molecule has 0 bridgehead atoms. The van der Waals surface area contributed by atoms with Crippen molar-refractivity contribution in [2.24, 2.45) is 0 Å². The lowest BCUT2D eigenvalue weighted by Crippen LogP contribution is -2.18. The van der Waals surface area contributed by atoms with Crippen molar-refractivity contribution in [3.63, 3.8) is 0 Å². The Kier molecular flexibility index (Phi) is 4.24. The maximum Gasteiger partial charge on any atom is 0.435 e. The topological polar surface area (TPSA) is 39.8 Å². The number of aromatic nitrogens is 3. The fourth-order valence-corrected chi connectivity index (χ4v) is 2.33. The first-order valence-electron chi connectivity index (χ1n) is 7.26. The zero-order valence-electron chi connectivity index (χ0n) is 12.6. The molecule has 2 aromatic heterocycles. The van der Waals surface area contributed by atoms with Gasteiger partial charge in [-0.2, -0.15) is 18.3 Å². The van der Waals surface area contributed by atoms with E-state index in [1.54, 1.807) is 22.9 Å². The van der Waals surface area contributed by atoms with Gasteiger partial charge in [0, 0.05) is 18.5 Å². The zero-order valence-corrected chi connectivity index (χ0v) is 12.6. The lowest BCUT2D eigenvalue weighted by molar-refractivity contribution is -0.141. The third kappa shape index (κ3) is 3.73. The van der Waals surface area contributed by atoms with Gasteiger partial charge < -0.3 is 4.57 Å². The van der Waals surface area contributed by atoms with Crippen LogP contribution in [-0.4, -0.2) is 14.3 Å². The monoisotopic (exact) mass is 333 g/mol. The first kappa shape index (κ1) is 16.0. The summed E-state index contributed by atoms with van der Waals surface area (Å²) in [5, 5.41) is 3.52. The van der Waals surface area contributed by atoms with Crippen LogP contribution in [0.15, 0.2) is 65.7 Å². The van der Waals surface area contributed by atoms with Gasteiger partial charge in [0.25, 0.3) is 5.56 Å². The van der Waals surface area contributed by atoms with Crippen LogP contribution in [0, 0.1) is 0 Å². The molecule has 124 valence electrons. The van der Waals surface area contributed by atoms with Crippen molar-refractivity contribution in [3.8, 4) is 0 Å². The normalized spacial score (nSPS) is 11.6. The van der Waals surface area contributed by atoms with Gasteiger partial charge in [0.05, 0.1) is 13.1 Å². The van der Waals surface area contributed by atoms with Crippen LogP contribution in [0.5, 0.6) is 0 Å². The molecule has 1 aromatic carbocycles. The molecule has 0 unspecified atom stereocenters. The van der Waals surface area contributed by atoms with Gasteiger partial charge in [-0.3, -0.25) is 9.48 Å². The third-order valence-electron chi connectivity index (χ3n) is 3.55. The minimum atomic E-state index is -4.43. The number of alkyl halides is 3. The van der Waals surface area contributed by atoms with Crippen molar-refractivity contribution >= 4 is 0 Å². The Balaban J connectivity index is 1.70. The molecule has 0 fully saturated rings. The molecule has 0 radical (unpaired) electrons. The Morgan fingerprint density at radius 1 is 0.875 bits per heavy atom. The molecule has 3 aromatic rings. The van der Waals surface area contributed by atoms with Gasteiger partial charge in [0.2, 0.25) is 0 Å². The quantitative estimate of drug-likeness (QED) is 0.736. The molecule has 3 rings (SSSR count). The molecule has 0 amide bonds. The lowest BCUT2D eigenvalue weighted by atomic mass is 10.1. The molecule has 7 heteroatoms. The molecule has 0 saturated heterocycles. The van der Waals surface area contributed by atoms with E-state index in [-0.39, 0.29) is 12.1 Å². The molecule has 2 heterocycles. The molecule has 0 aliphatic heterocycles. The van der Waals surface area contributed by atoms with E-state index in [4.69, 9.17) is 0 Å². The average Bonchev–Trinajstić information content (AvgIpc) is 3.00. The second-order valence-corrected chi connectivity index (χ2v) is 5.38. The van der Waals surface area contributed by atoms with Crippen molar-refractivity contribution in [2.45, 2.75) is 19.3 Å². The van der Waals surface area contributed by atoms with Crippen molar-refractivity contribution in [1.82, 2.24) is 14.3 Å². The summed E-state index contributed by atoms with van der Waals surface area (Å²) < 4.78 is 40.4. The van der Waals surface area contributed by atoms with Crippen LogP contribution in [0.25, 0.3) is 0 Å². The summed E-state index contributed by atoms with van der Waals surface area (Å²) in [5.41, 5.74) is 0.778. The lowest BCUT2D eigenvalue weighted by Gasteiger charge is -2.07. The van der Waals surface area contributed by atoms with Gasteiger partial charge in [-0.1, -0.05) is 30.3 Å². The van der Waals surface area contributed by atoms with E-state index >= 15 is 0 Å². The molecule has 4 nitrogen and oxygen atoms in total. The van der Waals surface area contributed by atoms with Gasteiger partial charge in [0.15, 0.2) is 5.69 Å². The van der Waals surface area contributed by atoms with E-state index < -0.39 is 11.9 Å². The summed E-state index contributed by atoms with van der Waals surface area (Å²) >= 11 is 0. The molecule has 0 aliphatic carbocycles. The number of hydrogen-bond donors (Lipinski definition) is 0. The van der Waals surface area contributed by atoms with E-state index in [1.165, 1.54) is 16.9 Å². The highest BCUT2D eigenvalue weighted by atomic mass is 19.4. The van der Waals surface area contributed by atoms with E-state index in [2.05, 4.69) is 5.10 Å². The molecule has 0 saturated carbocycles. The summed E-state index contributed by atoms with van der Waals surface area (Å²) in [7, 11) is 0. The minimum Gasteiger partial charge on any atom is -0.311 e. The SMILES string of the molecule is O=c1ccccn1Cc1ccc(Cn2ccc(C(F)(F)F)n2)cc1. The van der Waals surface area contributed by atoms with E-state index in [0.717, 1.165) is 17.2 Å². The predicted molar refractivity (Wildman–Crippen MR) is 82.6 cm³/mol. The smallest absolute Gasteiger partial charge is 0.311 e. The van der Waals surface area contributed by atoms with Crippen molar-refractivity contribution in [3.05, 3.63) is 88.1 Å². The van der Waals surface area contributed by atoms with Gasteiger partial charge >= 0.3 is 6.18 Å². The fraction of sp³-hybridized carbons (Fsp3) is 0.176. The molecule has 0 aliphatic rings. The van der Waals surface area contributed by atoms with Crippen LogP contribution in [-0.2, 0) is 19.3 Å². The first-order valence-corrected chi connectivity index (χ1v) is 7.26. The largest absolute Gasteiger partial charge is 0.435 e. The van der Waals surface area contributed by atoms with Gasteiger partial charge in [0.1, 0.15) is 0 Å². The molecular formula is C17H14F3N3O. The molecule has 24 heavy (non-hydrogen) atoms. The Hall–Kier alpha value is -2.83. The van der Waals surface area contributed by atoms with Crippen LogP contribution in [0.3, 0.4) is 0 Å². The van der Waals surface area contributed by atoms with Gasteiger partial charge in [-0.05, 0) is 23.3 Å². The predicted octanol–water partition coefficient (Wildman–Crippen LogP) is 3.16. The van der Waals surface area contributed by atoms with Crippen LogP contribution < -0.4 is 5.56 Å². The van der Waals surface area contributed by atoms with Crippen LogP contribution >= 0.6 is 0 Å². The van der Waals surface area contributed by atoms with E-state index in [9.17, 15) is 18.0 Å². The molecular weight excluding hydrogens is 319 g/mol. The summed E-state index contributed by atoms with van der Waals surface area (Å²) in [6.07, 6.45) is -1.42. The highest BCUT2D eigenvalue weighted by Crippen LogP contribution is 2.27. The number of hydrogen-bond acceptors (Lipinski definition) is 2. The van der Waals surface area contributed by atoms with E-state index in [1.807, 2.05) is 24.3 Å². The Morgan fingerprint density at radius 3 is 2.12 bits per heavy atom. The summed E-state index contributed by atoms with van der Waals surface area (Å²) in [5.74, 6) is 0. The number of benzene rings is 1. The summed E-state index contributed by atoms with van der Waals surface area (Å²) in [6.45, 7) is 0.696. The first-order chi connectivity index (χ1) is 11.4. The highest BCUT2D eigenvalue weighted by Gasteiger charge is 2.33. The Morgan fingerprint density at radius 2 is 1.54 bits per heavy atom. The van der Waals surface area contributed by atoms with Crippen molar-refractivity contribution in [1.29, 1.82) is 0 Å². The number of rotatable bonds is 4. The Labute approximate surface area is 135 Å². The minimum absolute atomic E-state index is 0.0854. The maximum atomic E-state index is 12.5. The molecule has 0 N–H and O–H groups in total. The number of pyridine rings is 1. The van der Waals surface area contributed by atoms with Crippen LogP contribution in [0.1, 0.15) is 16.8 Å².